The standard InChI is InChI=1S/C14H20O4/c1-4-5-10(8-14(15)16)12-9-11(17-2)6-7-13(12)18-3/h6-7,9-10H,4-5,8H2,1-3H3,(H,15,16). The topological polar surface area (TPSA) is 55.8 Å². The van der Waals surface area contributed by atoms with Crippen molar-refractivity contribution in [1.29, 1.82) is 0 Å². The first-order valence-electron chi connectivity index (χ1n) is 6.06. The number of benzene rings is 1. The molecule has 1 aromatic carbocycles. The third-order valence-electron chi connectivity index (χ3n) is 2.93. The average molecular weight is 252 g/mol. The van der Waals surface area contributed by atoms with Gasteiger partial charge in [-0.05, 0) is 30.5 Å². The first-order chi connectivity index (χ1) is 8.62. The first-order valence-corrected chi connectivity index (χ1v) is 6.06. The molecule has 0 saturated carbocycles. The molecular formula is C14H20O4. The van der Waals surface area contributed by atoms with Crippen LogP contribution in [0.15, 0.2) is 18.2 Å². The fourth-order valence-corrected chi connectivity index (χ4v) is 2.09. The molecule has 0 aromatic heterocycles. The third kappa shape index (κ3) is 3.65. The highest BCUT2D eigenvalue weighted by atomic mass is 16.5. The van der Waals surface area contributed by atoms with Crippen molar-refractivity contribution in [1.82, 2.24) is 0 Å². The van der Waals surface area contributed by atoms with Crippen molar-refractivity contribution in [2.45, 2.75) is 32.1 Å². The smallest absolute Gasteiger partial charge is 0.303 e. The molecule has 0 aliphatic carbocycles. The van der Waals surface area contributed by atoms with Crippen molar-refractivity contribution in [3.05, 3.63) is 23.8 Å². The Labute approximate surface area is 108 Å². The molecule has 1 rings (SSSR count). The van der Waals surface area contributed by atoms with E-state index in [4.69, 9.17) is 14.6 Å². The van der Waals surface area contributed by atoms with Gasteiger partial charge in [0.25, 0.3) is 0 Å². The maximum absolute atomic E-state index is 10.9. The van der Waals surface area contributed by atoms with Gasteiger partial charge in [0.05, 0.1) is 20.6 Å². The minimum absolute atomic E-state index is 0.0439. The second kappa shape index (κ2) is 6.89. The van der Waals surface area contributed by atoms with Gasteiger partial charge in [-0.1, -0.05) is 13.3 Å². The number of aliphatic carboxylic acids is 1. The zero-order valence-electron chi connectivity index (χ0n) is 11.1. The van der Waals surface area contributed by atoms with E-state index in [-0.39, 0.29) is 12.3 Å². The molecule has 0 fully saturated rings. The number of ether oxygens (including phenoxy) is 2. The van der Waals surface area contributed by atoms with Gasteiger partial charge in [0.1, 0.15) is 11.5 Å². The number of carboxylic acids is 1. The predicted molar refractivity (Wildman–Crippen MR) is 69.4 cm³/mol. The maximum Gasteiger partial charge on any atom is 0.303 e. The zero-order chi connectivity index (χ0) is 13.5. The summed E-state index contributed by atoms with van der Waals surface area (Å²) >= 11 is 0. The Bertz CT molecular complexity index is 401. The van der Waals surface area contributed by atoms with Gasteiger partial charge in [-0.3, -0.25) is 4.79 Å². The number of carboxylic acid groups (broad SMARTS) is 1. The molecule has 0 aliphatic heterocycles. The summed E-state index contributed by atoms with van der Waals surface area (Å²) in [6.45, 7) is 2.04. The molecule has 1 aromatic rings. The summed E-state index contributed by atoms with van der Waals surface area (Å²) < 4.78 is 10.5. The van der Waals surface area contributed by atoms with E-state index in [1.165, 1.54) is 0 Å². The monoisotopic (exact) mass is 252 g/mol. The van der Waals surface area contributed by atoms with E-state index < -0.39 is 5.97 Å². The SMILES string of the molecule is CCCC(CC(=O)O)c1cc(OC)ccc1OC. The number of hydrogen-bond donors (Lipinski definition) is 1. The van der Waals surface area contributed by atoms with E-state index in [1.807, 2.05) is 25.1 Å². The van der Waals surface area contributed by atoms with Gasteiger partial charge >= 0.3 is 5.97 Å². The molecule has 18 heavy (non-hydrogen) atoms. The Morgan fingerprint density at radius 2 is 2.06 bits per heavy atom. The molecule has 0 aliphatic rings. The largest absolute Gasteiger partial charge is 0.497 e. The van der Waals surface area contributed by atoms with Gasteiger partial charge in [0, 0.05) is 5.56 Å². The molecule has 1 unspecified atom stereocenters. The summed E-state index contributed by atoms with van der Waals surface area (Å²) in [6, 6.07) is 5.49. The van der Waals surface area contributed by atoms with E-state index >= 15 is 0 Å². The first kappa shape index (κ1) is 14.4. The molecule has 4 heteroatoms. The van der Waals surface area contributed by atoms with Crippen LogP contribution in [0.1, 0.15) is 37.7 Å². The van der Waals surface area contributed by atoms with Crippen molar-refractivity contribution in [2.24, 2.45) is 0 Å². The van der Waals surface area contributed by atoms with Crippen LogP contribution in [0.5, 0.6) is 11.5 Å². The van der Waals surface area contributed by atoms with Crippen LogP contribution in [0.3, 0.4) is 0 Å². The Hall–Kier alpha value is -1.71. The van der Waals surface area contributed by atoms with E-state index in [0.29, 0.717) is 0 Å². The van der Waals surface area contributed by atoms with Crippen LogP contribution < -0.4 is 9.47 Å². The summed E-state index contributed by atoms with van der Waals surface area (Å²) in [7, 11) is 3.19. The molecule has 1 N–H and O–H groups in total. The average Bonchev–Trinajstić information content (AvgIpc) is 2.37. The number of carbonyl (C=O) groups is 1. The van der Waals surface area contributed by atoms with Crippen molar-refractivity contribution in [3.63, 3.8) is 0 Å². The Kier molecular flexibility index (Phi) is 5.49. The quantitative estimate of drug-likeness (QED) is 0.810. The Balaban J connectivity index is 3.10. The van der Waals surface area contributed by atoms with Gasteiger partial charge in [-0.15, -0.1) is 0 Å². The molecule has 0 radical (unpaired) electrons. The van der Waals surface area contributed by atoms with Gasteiger partial charge in [0.2, 0.25) is 0 Å². The van der Waals surface area contributed by atoms with E-state index in [2.05, 4.69) is 0 Å². The summed E-state index contributed by atoms with van der Waals surface area (Å²) in [4.78, 5) is 10.9. The highest BCUT2D eigenvalue weighted by Gasteiger charge is 2.19. The lowest BCUT2D eigenvalue weighted by Gasteiger charge is -2.18. The minimum Gasteiger partial charge on any atom is -0.497 e. The minimum atomic E-state index is -0.793. The Morgan fingerprint density at radius 1 is 1.33 bits per heavy atom. The second-order valence-corrected chi connectivity index (χ2v) is 4.19. The highest BCUT2D eigenvalue weighted by molar-refractivity contribution is 5.68. The highest BCUT2D eigenvalue weighted by Crippen LogP contribution is 2.35. The van der Waals surface area contributed by atoms with Crippen molar-refractivity contribution >= 4 is 5.97 Å². The van der Waals surface area contributed by atoms with Gasteiger partial charge < -0.3 is 14.6 Å². The molecule has 0 heterocycles. The predicted octanol–water partition coefficient (Wildman–Crippen LogP) is 3.06. The van der Waals surface area contributed by atoms with Crippen molar-refractivity contribution < 1.29 is 19.4 Å². The zero-order valence-corrected chi connectivity index (χ0v) is 11.1. The number of methoxy groups -OCH3 is 2. The number of hydrogen-bond acceptors (Lipinski definition) is 3. The summed E-state index contributed by atoms with van der Waals surface area (Å²) in [5.74, 6) is 0.601. The van der Waals surface area contributed by atoms with Crippen LogP contribution in [0.25, 0.3) is 0 Å². The van der Waals surface area contributed by atoms with Crippen LogP contribution >= 0.6 is 0 Å². The molecule has 0 spiro atoms. The van der Waals surface area contributed by atoms with Crippen molar-refractivity contribution in [2.75, 3.05) is 14.2 Å². The van der Waals surface area contributed by atoms with Crippen LogP contribution in [0, 0.1) is 0 Å². The van der Waals surface area contributed by atoms with Crippen LogP contribution in [0.2, 0.25) is 0 Å². The lowest BCUT2D eigenvalue weighted by Crippen LogP contribution is -2.08. The molecule has 0 saturated heterocycles. The molecular weight excluding hydrogens is 232 g/mol. The molecule has 100 valence electrons. The van der Waals surface area contributed by atoms with Crippen LogP contribution in [0.4, 0.5) is 0 Å². The fraction of sp³-hybridized carbons (Fsp3) is 0.500. The lowest BCUT2D eigenvalue weighted by atomic mass is 9.90. The molecule has 0 bridgehead atoms. The fourth-order valence-electron chi connectivity index (χ4n) is 2.09. The summed E-state index contributed by atoms with van der Waals surface area (Å²) in [5, 5.41) is 8.99. The molecule has 4 nitrogen and oxygen atoms in total. The third-order valence-corrected chi connectivity index (χ3v) is 2.93. The molecule has 0 amide bonds. The van der Waals surface area contributed by atoms with E-state index in [0.717, 1.165) is 29.9 Å². The van der Waals surface area contributed by atoms with Gasteiger partial charge in [0.15, 0.2) is 0 Å². The van der Waals surface area contributed by atoms with Gasteiger partial charge in [-0.2, -0.15) is 0 Å². The normalized spacial score (nSPS) is 11.9. The Morgan fingerprint density at radius 3 is 2.56 bits per heavy atom. The molecule has 1 atom stereocenters. The number of rotatable bonds is 7. The maximum atomic E-state index is 10.9. The lowest BCUT2D eigenvalue weighted by molar-refractivity contribution is -0.137. The summed E-state index contributed by atoms with van der Waals surface area (Å²) in [5.41, 5.74) is 0.904. The van der Waals surface area contributed by atoms with E-state index in [9.17, 15) is 4.79 Å². The van der Waals surface area contributed by atoms with Crippen molar-refractivity contribution in [3.8, 4) is 11.5 Å². The van der Waals surface area contributed by atoms with Crippen LogP contribution in [-0.4, -0.2) is 25.3 Å². The summed E-state index contributed by atoms with van der Waals surface area (Å²) in [6.07, 6.45) is 1.85. The second-order valence-electron chi connectivity index (χ2n) is 4.19. The van der Waals surface area contributed by atoms with Gasteiger partial charge in [-0.25, -0.2) is 0 Å². The van der Waals surface area contributed by atoms with Crippen LogP contribution in [-0.2, 0) is 4.79 Å². The van der Waals surface area contributed by atoms with E-state index in [1.54, 1.807) is 14.2 Å².